The predicted octanol–water partition coefficient (Wildman–Crippen LogP) is 3.84. The molecule has 0 bridgehead atoms. The Labute approximate surface area is 150 Å². The van der Waals surface area contributed by atoms with Crippen LogP contribution in [-0.2, 0) is 9.59 Å². The lowest BCUT2D eigenvalue weighted by Gasteiger charge is -2.09. The third-order valence-electron chi connectivity index (χ3n) is 3.21. The maximum atomic E-state index is 13.8. The molecule has 0 aliphatic carbocycles. The third-order valence-corrected chi connectivity index (χ3v) is 5.65. The number of carbonyl (C=O) groups is 2. The van der Waals surface area contributed by atoms with Crippen LogP contribution in [0.3, 0.4) is 0 Å². The first-order valence-corrected chi connectivity index (χ1v) is 8.82. The van der Waals surface area contributed by atoms with Crippen molar-refractivity contribution in [3.63, 3.8) is 0 Å². The minimum atomic E-state index is -1.12. The monoisotopic (exact) mass is 379 g/mol. The van der Waals surface area contributed by atoms with Gasteiger partial charge >= 0.3 is 5.97 Å². The highest BCUT2D eigenvalue weighted by Gasteiger charge is 2.33. The minimum absolute atomic E-state index is 0.222. The van der Waals surface area contributed by atoms with Gasteiger partial charge in [-0.15, -0.1) is 11.3 Å². The van der Waals surface area contributed by atoms with Crippen LogP contribution < -0.4 is 0 Å². The van der Waals surface area contributed by atoms with Crippen molar-refractivity contribution >= 4 is 57.6 Å². The van der Waals surface area contributed by atoms with Gasteiger partial charge in [-0.25, -0.2) is 4.39 Å². The van der Waals surface area contributed by atoms with E-state index < -0.39 is 18.4 Å². The number of carboxylic acids is 1. The van der Waals surface area contributed by atoms with Crippen molar-refractivity contribution in [3.8, 4) is 10.4 Å². The van der Waals surface area contributed by atoms with Crippen LogP contribution in [0.1, 0.15) is 4.88 Å². The van der Waals surface area contributed by atoms with Gasteiger partial charge in [-0.1, -0.05) is 42.2 Å². The van der Waals surface area contributed by atoms with Gasteiger partial charge in [0.05, 0.1) is 4.91 Å². The van der Waals surface area contributed by atoms with Crippen LogP contribution in [0.15, 0.2) is 41.3 Å². The molecule has 1 N–H and O–H groups in total. The first-order chi connectivity index (χ1) is 11.5. The van der Waals surface area contributed by atoms with Gasteiger partial charge in [0.15, 0.2) is 0 Å². The van der Waals surface area contributed by atoms with Crippen molar-refractivity contribution in [2.45, 2.75) is 0 Å². The van der Waals surface area contributed by atoms with Crippen LogP contribution >= 0.6 is 35.3 Å². The smallest absolute Gasteiger partial charge is 0.323 e. The zero-order chi connectivity index (χ0) is 17.3. The lowest BCUT2D eigenvalue weighted by molar-refractivity contribution is -0.140. The predicted molar refractivity (Wildman–Crippen MR) is 97.2 cm³/mol. The number of benzene rings is 1. The average molecular weight is 379 g/mol. The van der Waals surface area contributed by atoms with Gasteiger partial charge in [0.2, 0.25) is 0 Å². The van der Waals surface area contributed by atoms with E-state index in [4.69, 9.17) is 17.3 Å². The Balaban J connectivity index is 1.85. The summed E-state index contributed by atoms with van der Waals surface area (Å²) >= 11 is 7.46. The Morgan fingerprint density at radius 2 is 2.04 bits per heavy atom. The zero-order valence-corrected chi connectivity index (χ0v) is 14.5. The van der Waals surface area contributed by atoms with Crippen molar-refractivity contribution < 1.29 is 19.1 Å². The van der Waals surface area contributed by atoms with Crippen LogP contribution in [-0.4, -0.2) is 32.7 Å². The Morgan fingerprint density at radius 1 is 1.29 bits per heavy atom. The standard InChI is InChI=1S/C16H10FNO3S3/c17-11-4-2-1-3-10(11)12-6-5-9(23-12)7-13-15(21)18(8-14(19)20)16(22)24-13/h1-7H,8H2,(H,19,20)/b13-7-. The molecular weight excluding hydrogens is 369 g/mol. The summed E-state index contributed by atoms with van der Waals surface area (Å²) in [7, 11) is 0. The molecular formula is C16H10FNO3S3. The molecule has 8 heteroatoms. The molecule has 2 heterocycles. The fourth-order valence-electron chi connectivity index (χ4n) is 2.14. The number of hydrogen-bond donors (Lipinski definition) is 1. The summed E-state index contributed by atoms with van der Waals surface area (Å²) in [4.78, 5) is 25.9. The number of halogens is 1. The summed E-state index contributed by atoms with van der Waals surface area (Å²) in [6.45, 7) is -0.451. The molecule has 4 nitrogen and oxygen atoms in total. The topological polar surface area (TPSA) is 57.6 Å². The summed E-state index contributed by atoms with van der Waals surface area (Å²) < 4.78 is 14.1. The van der Waals surface area contributed by atoms with E-state index in [-0.39, 0.29) is 10.1 Å². The number of nitrogens with zero attached hydrogens (tertiary/aromatic N) is 1. The number of hydrogen-bond acceptors (Lipinski definition) is 5. The fourth-order valence-corrected chi connectivity index (χ4v) is 4.44. The van der Waals surface area contributed by atoms with Gasteiger partial charge < -0.3 is 5.11 Å². The Hall–Kier alpha value is -2.03. The number of carbonyl (C=O) groups excluding carboxylic acids is 1. The third kappa shape index (κ3) is 3.40. The second kappa shape index (κ2) is 6.84. The summed E-state index contributed by atoms with van der Waals surface area (Å²) in [5.74, 6) is -1.85. The van der Waals surface area contributed by atoms with Gasteiger partial charge in [0, 0.05) is 15.3 Å². The van der Waals surface area contributed by atoms with E-state index >= 15 is 0 Å². The fraction of sp³-hybridized carbons (Fsp3) is 0.0625. The molecule has 1 aliphatic heterocycles. The molecule has 24 heavy (non-hydrogen) atoms. The number of thiophene rings is 1. The van der Waals surface area contributed by atoms with E-state index in [1.54, 1.807) is 36.4 Å². The molecule has 1 fully saturated rings. The van der Waals surface area contributed by atoms with Crippen molar-refractivity contribution in [3.05, 3.63) is 52.0 Å². The maximum Gasteiger partial charge on any atom is 0.323 e. The quantitative estimate of drug-likeness (QED) is 0.646. The van der Waals surface area contributed by atoms with Crippen LogP contribution in [0.4, 0.5) is 4.39 Å². The number of amides is 1. The second-order valence-corrected chi connectivity index (χ2v) is 7.63. The molecule has 0 spiro atoms. The highest BCUT2D eigenvalue weighted by Crippen LogP contribution is 2.36. The van der Waals surface area contributed by atoms with Crippen molar-refractivity contribution in [2.75, 3.05) is 6.54 Å². The van der Waals surface area contributed by atoms with E-state index in [1.807, 2.05) is 0 Å². The Morgan fingerprint density at radius 3 is 2.75 bits per heavy atom. The van der Waals surface area contributed by atoms with Crippen LogP contribution in [0.25, 0.3) is 16.5 Å². The molecule has 0 unspecified atom stereocenters. The van der Waals surface area contributed by atoms with E-state index in [2.05, 4.69) is 0 Å². The first kappa shape index (κ1) is 16.8. The second-order valence-electron chi connectivity index (χ2n) is 4.84. The zero-order valence-electron chi connectivity index (χ0n) is 12.1. The van der Waals surface area contributed by atoms with Crippen LogP contribution in [0.2, 0.25) is 0 Å². The SMILES string of the molecule is O=C(O)CN1C(=O)/C(=C/c2ccc(-c3ccccc3F)s2)SC1=S. The van der Waals surface area contributed by atoms with Gasteiger partial charge in [-0.2, -0.15) is 0 Å². The minimum Gasteiger partial charge on any atom is -0.480 e. The highest BCUT2D eigenvalue weighted by molar-refractivity contribution is 8.26. The van der Waals surface area contributed by atoms with Gasteiger partial charge in [0.25, 0.3) is 5.91 Å². The van der Waals surface area contributed by atoms with Gasteiger partial charge in [-0.3, -0.25) is 14.5 Å². The molecule has 0 atom stereocenters. The van der Waals surface area contributed by atoms with Gasteiger partial charge in [0.1, 0.15) is 16.7 Å². The van der Waals surface area contributed by atoms with Gasteiger partial charge in [-0.05, 0) is 24.3 Å². The van der Waals surface area contributed by atoms with Crippen LogP contribution in [0.5, 0.6) is 0 Å². The molecule has 0 saturated carbocycles. The summed E-state index contributed by atoms with van der Waals surface area (Å²) in [5.41, 5.74) is 0.501. The molecule has 2 aromatic rings. The normalized spacial score (nSPS) is 16.2. The van der Waals surface area contributed by atoms with Crippen LogP contribution in [0, 0.1) is 5.82 Å². The maximum absolute atomic E-state index is 13.8. The number of rotatable bonds is 4. The number of thioether (sulfide) groups is 1. The van der Waals surface area contributed by atoms with Crippen molar-refractivity contribution in [2.24, 2.45) is 0 Å². The molecule has 3 rings (SSSR count). The Kier molecular flexibility index (Phi) is 4.79. The largest absolute Gasteiger partial charge is 0.480 e. The van der Waals surface area contributed by atoms with E-state index in [0.29, 0.717) is 10.5 Å². The molecule has 1 amide bonds. The van der Waals surface area contributed by atoms with E-state index in [9.17, 15) is 14.0 Å². The van der Waals surface area contributed by atoms with E-state index in [1.165, 1.54) is 17.4 Å². The van der Waals surface area contributed by atoms with E-state index in [0.717, 1.165) is 26.4 Å². The van der Waals surface area contributed by atoms with Crippen molar-refractivity contribution in [1.29, 1.82) is 0 Å². The summed E-state index contributed by atoms with van der Waals surface area (Å²) in [6, 6.07) is 10.0. The number of aliphatic carboxylic acids is 1. The molecule has 122 valence electrons. The lowest BCUT2D eigenvalue weighted by Crippen LogP contribution is -2.33. The summed E-state index contributed by atoms with van der Waals surface area (Å²) in [5, 5.41) is 8.83. The molecule has 0 radical (unpaired) electrons. The Bertz CT molecular complexity index is 875. The number of thiocarbonyl (C=S) groups is 1. The molecule has 1 saturated heterocycles. The highest BCUT2D eigenvalue weighted by atomic mass is 32.2. The molecule has 1 aliphatic rings. The molecule has 1 aromatic carbocycles. The summed E-state index contributed by atoms with van der Waals surface area (Å²) in [6.07, 6.45) is 1.65. The molecule has 1 aromatic heterocycles. The van der Waals surface area contributed by atoms with Crippen molar-refractivity contribution in [1.82, 2.24) is 4.90 Å². The lowest BCUT2D eigenvalue weighted by atomic mass is 10.2. The average Bonchev–Trinajstić information content (AvgIpc) is 3.08. The number of carboxylic acid groups (broad SMARTS) is 1. The first-order valence-electron chi connectivity index (χ1n) is 6.77.